The van der Waals surface area contributed by atoms with Crippen molar-refractivity contribution in [3.63, 3.8) is 0 Å². The molecular formula is C16H12N6OS. The fraction of sp³-hybridized carbons (Fsp3) is 0.0625. The minimum absolute atomic E-state index is 0.174. The fourth-order valence-electron chi connectivity index (χ4n) is 1.96. The van der Waals surface area contributed by atoms with Crippen molar-refractivity contribution in [3.05, 3.63) is 60.2 Å². The van der Waals surface area contributed by atoms with E-state index in [-0.39, 0.29) is 11.7 Å². The van der Waals surface area contributed by atoms with Crippen molar-refractivity contribution < 1.29 is 4.79 Å². The minimum atomic E-state index is -0.174. The number of nitriles is 1. The van der Waals surface area contributed by atoms with Gasteiger partial charge < -0.3 is 5.32 Å². The van der Waals surface area contributed by atoms with Gasteiger partial charge in [0, 0.05) is 5.69 Å². The predicted octanol–water partition coefficient (Wildman–Crippen LogP) is 2.26. The first kappa shape index (κ1) is 15.7. The number of para-hydroxylation sites is 1. The number of aromatic nitrogens is 4. The maximum atomic E-state index is 12.0. The lowest BCUT2D eigenvalue weighted by molar-refractivity contribution is -0.113. The molecule has 2 aromatic carbocycles. The maximum Gasteiger partial charge on any atom is 0.234 e. The van der Waals surface area contributed by atoms with Gasteiger partial charge in [-0.25, -0.2) is 0 Å². The summed E-state index contributed by atoms with van der Waals surface area (Å²) in [5, 5.41) is 23.6. The average Bonchev–Trinajstić information content (AvgIpc) is 3.10. The number of carbonyl (C=O) groups excluding carboxylic acids is 1. The van der Waals surface area contributed by atoms with Gasteiger partial charge in [-0.2, -0.15) is 9.94 Å². The molecule has 0 atom stereocenters. The van der Waals surface area contributed by atoms with Gasteiger partial charge in [0.1, 0.15) is 0 Å². The van der Waals surface area contributed by atoms with Gasteiger partial charge in [0.25, 0.3) is 0 Å². The van der Waals surface area contributed by atoms with Gasteiger partial charge in [0.15, 0.2) is 0 Å². The van der Waals surface area contributed by atoms with Crippen LogP contribution in [0.1, 0.15) is 5.56 Å². The number of nitrogens with zero attached hydrogens (tertiary/aromatic N) is 5. The fourth-order valence-corrected chi connectivity index (χ4v) is 2.65. The molecule has 0 unspecified atom stereocenters. The van der Waals surface area contributed by atoms with Gasteiger partial charge in [-0.05, 0) is 46.8 Å². The van der Waals surface area contributed by atoms with Crippen molar-refractivity contribution in [2.45, 2.75) is 5.16 Å². The third-order valence-corrected chi connectivity index (χ3v) is 3.99. The lowest BCUT2D eigenvalue weighted by Crippen LogP contribution is -2.14. The maximum absolute atomic E-state index is 12.0. The van der Waals surface area contributed by atoms with Gasteiger partial charge in [0.2, 0.25) is 11.1 Å². The zero-order valence-electron chi connectivity index (χ0n) is 12.5. The first-order valence-electron chi connectivity index (χ1n) is 7.03. The number of tetrazole rings is 1. The Labute approximate surface area is 142 Å². The van der Waals surface area contributed by atoms with Crippen molar-refractivity contribution in [3.8, 4) is 11.8 Å². The highest BCUT2D eigenvalue weighted by atomic mass is 32.2. The van der Waals surface area contributed by atoms with Gasteiger partial charge in [-0.3, -0.25) is 4.79 Å². The number of anilines is 1. The van der Waals surface area contributed by atoms with Crippen LogP contribution in [-0.4, -0.2) is 31.9 Å². The molecule has 3 aromatic rings. The van der Waals surface area contributed by atoms with E-state index in [9.17, 15) is 4.79 Å². The molecule has 1 amide bonds. The van der Waals surface area contributed by atoms with Crippen LogP contribution in [0.4, 0.5) is 5.69 Å². The van der Waals surface area contributed by atoms with E-state index in [1.165, 1.54) is 11.8 Å². The molecular weight excluding hydrogens is 324 g/mol. The van der Waals surface area contributed by atoms with Gasteiger partial charge >= 0.3 is 0 Å². The molecule has 24 heavy (non-hydrogen) atoms. The molecule has 0 spiro atoms. The summed E-state index contributed by atoms with van der Waals surface area (Å²) in [6.45, 7) is 0. The molecule has 8 heteroatoms. The molecule has 0 aliphatic carbocycles. The molecule has 1 aromatic heterocycles. The van der Waals surface area contributed by atoms with E-state index in [0.29, 0.717) is 16.4 Å². The highest BCUT2D eigenvalue weighted by Crippen LogP contribution is 2.18. The normalized spacial score (nSPS) is 10.1. The van der Waals surface area contributed by atoms with Gasteiger partial charge in [-0.1, -0.05) is 30.0 Å². The minimum Gasteiger partial charge on any atom is -0.325 e. The topological polar surface area (TPSA) is 96.5 Å². The Kier molecular flexibility index (Phi) is 4.84. The molecule has 0 saturated heterocycles. The average molecular weight is 336 g/mol. The van der Waals surface area contributed by atoms with Crippen LogP contribution in [0, 0.1) is 11.3 Å². The third-order valence-electron chi connectivity index (χ3n) is 3.07. The Hall–Kier alpha value is -3.18. The van der Waals surface area contributed by atoms with Crippen molar-refractivity contribution in [1.29, 1.82) is 5.26 Å². The molecule has 0 bridgehead atoms. The highest BCUT2D eigenvalue weighted by molar-refractivity contribution is 7.99. The largest absolute Gasteiger partial charge is 0.325 e. The SMILES string of the molecule is N#Cc1ccc(NC(=O)CSc2nnnn2-c2ccccc2)cc1. The Morgan fingerprint density at radius 1 is 1.17 bits per heavy atom. The zero-order valence-corrected chi connectivity index (χ0v) is 13.3. The number of nitrogens with one attached hydrogen (secondary N) is 1. The second-order valence-electron chi connectivity index (χ2n) is 4.73. The number of amides is 1. The van der Waals surface area contributed by atoms with E-state index in [2.05, 4.69) is 20.8 Å². The molecule has 7 nitrogen and oxygen atoms in total. The number of benzene rings is 2. The number of thioether (sulfide) groups is 1. The van der Waals surface area contributed by atoms with Crippen LogP contribution in [0.15, 0.2) is 59.8 Å². The van der Waals surface area contributed by atoms with E-state index in [4.69, 9.17) is 5.26 Å². The lowest BCUT2D eigenvalue weighted by Gasteiger charge is -2.05. The molecule has 118 valence electrons. The second-order valence-corrected chi connectivity index (χ2v) is 5.68. The van der Waals surface area contributed by atoms with Crippen molar-refractivity contribution in [2.24, 2.45) is 0 Å². The van der Waals surface area contributed by atoms with Crippen LogP contribution in [-0.2, 0) is 4.79 Å². The number of hydrogen-bond acceptors (Lipinski definition) is 6. The predicted molar refractivity (Wildman–Crippen MR) is 89.7 cm³/mol. The Bertz CT molecular complexity index is 870. The van der Waals surface area contributed by atoms with E-state index in [1.807, 2.05) is 36.4 Å². The highest BCUT2D eigenvalue weighted by Gasteiger charge is 2.11. The second kappa shape index (κ2) is 7.39. The standard InChI is InChI=1S/C16H12N6OS/c17-10-12-6-8-13(9-7-12)18-15(23)11-24-16-19-20-21-22(16)14-4-2-1-3-5-14/h1-9H,11H2,(H,18,23). The van der Waals surface area contributed by atoms with Crippen molar-refractivity contribution in [1.82, 2.24) is 20.2 Å². The van der Waals surface area contributed by atoms with Crippen molar-refractivity contribution >= 4 is 23.4 Å². The van der Waals surface area contributed by atoms with Crippen LogP contribution in [0.3, 0.4) is 0 Å². The molecule has 0 aliphatic rings. The summed E-state index contributed by atoms with van der Waals surface area (Å²) in [5.41, 5.74) is 2.02. The molecule has 0 fully saturated rings. The summed E-state index contributed by atoms with van der Waals surface area (Å²) in [6, 6.07) is 18.2. The van der Waals surface area contributed by atoms with E-state index in [1.54, 1.807) is 28.9 Å². The molecule has 1 N–H and O–H groups in total. The van der Waals surface area contributed by atoms with Crippen LogP contribution in [0.25, 0.3) is 5.69 Å². The Morgan fingerprint density at radius 3 is 2.62 bits per heavy atom. The van der Waals surface area contributed by atoms with Crippen LogP contribution < -0.4 is 5.32 Å². The Morgan fingerprint density at radius 2 is 1.92 bits per heavy atom. The Balaban J connectivity index is 1.61. The summed E-state index contributed by atoms with van der Waals surface area (Å²) in [5.74, 6) is 0.0000394. The molecule has 3 rings (SSSR count). The van der Waals surface area contributed by atoms with Crippen LogP contribution in [0.5, 0.6) is 0 Å². The zero-order chi connectivity index (χ0) is 16.8. The third kappa shape index (κ3) is 3.77. The summed E-state index contributed by atoms with van der Waals surface area (Å²) in [6.07, 6.45) is 0. The number of rotatable bonds is 5. The summed E-state index contributed by atoms with van der Waals surface area (Å²) in [7, 11) is 0. The summed E-state index contributed by atoms with van der Waals surface area (Å²) < 4.78 is 1.58. The van der Waals surface area contributed by atoms with Crippen LogP contribution >= 0.6 is 11.8 Å². The lowest BCUT2D eigenvalue weighted by atomic mass is 10.2. The first-order valence-corrected chi connectivity index (χ1v) is 8.01. The van der Waals surface area contributed by atoms with E-state index < -0.39 is 0 Å². The van der Waals surface area contributed by atoms with Crippen LogP contribution in [0.2, 0.25) is 0 Å². The van der Waals surface area contributed by atoms with E-state index in [0.717, 1.165) is 5.69 Å². The summed E-state index contributed by atoms with van der Waals surface area (Å²) >= 11 is 1.25. The quantitative estimate of drug-likeness (QED) is 0.718. The van der Waals surface area contributed by atoms with E-state index >= 15 is 0 Å². The molecule has 0 radical (unpaired) electrons. The molecule has 0 aliphatic heterocycles. The van der Waals surface area contributed by atoms with Crippen molar-refractivity contribution in [2.75, 3.05) is 11.1 Å². The first-order chi connectivity index (χ1) is 11.8. The smallest absolute Gasteiger partial charge is 0.234 e. The van der Waals surface area contributed by atoms with Gasteiger partial charge in [0.05, 0.1) is 23.1 Å². The number of carbonyl (C=O) groups is 1. The monoisotopic (exact) mass is 336 g/mol. The molecule has 0 saturated carbocycles. The summed E-state index contributed by atoms with van der Waals surface area (Å²) in [4.78, 5) is 12.0. The number of hydrogen-bond donors (Lipinski definition) is 1. The molecule has 1 heterocycles. The van der Waals surface area contributed by atoms with Gasteiger partial charge in [-0.15, -0.1) is 5.10 Å².